The van der Waals surface area contributed by atoms with Gasteiger partial charge < -0.3 is 4.74 Å². The van der Waals surface area contributed by atoms with Crippen molar-refractivity contribution in [2.24, 2.45) is 5.92 Å². The van der Waals surface area contributed by atoms with Crippen molar-refractivity contribution in [1.29, 1.82) is 0 Å². The first-order valence-electron chi connectivity index (χ1n) is 6.52. The van der Waals surface area contributed by atoms with Gasteiger partial charge in [-0.1, -0.05) is 0 Å². The summed E-state index contributed by atoms with van der Waals surface area (Å²) in [5, 5.41) is 0. The van der Waals surface area contributed by atoms with Crippen LogP contribution in [0.5, 0.6) is 0 Å². The van der Waals surface area contributed by atoms with Crippen LogP contribution in [0, 0.1) is 5.92 Å². The van der Waals surface area contributed by atoms with Gasteiger partial charge in [0.1, 0.15) is 0 Å². The van der Waals surface area contributed by atoms with Gasteiger partial charge in [0, 0.05) is 26.8 Å². The zero-order chi connectivity index (χ0) is 15.6. The predicted molar refractivity (Wildman–Crippen MR) is 79.5 cm³/mol. The van der Waals surface area contributed by atoms with Crippen LogP contribution in [0.1, 0.15) is 25.7 Å². The summed E-state index contributed by atoms with van der Waals surface area (Å²) in [6.45, 7) is 1.43. The summed E-state index contributed by atoms with van der Waals surface area (Å²) in [7, 11) is -4.64. The third-order valence-corrected chi connectivity index (χ3v) is 4.17. The van der Waals surface area contributed by atoms with Crippen LogP contribution in [0.2, 0.25) is 0 Å². The van der Waals surface area contributed by atoms with Gasteiger partial charge >= 0.3 is 0 Å². The minimum atomic E-state index is -3.13. The number of nitrogens with one attached hydrogen (secondary N) is 2. The molecule has 0 rings (SSSR count). The smallest absolute Gasteiger partial charge is 0.208 e. The Morgan fingerprint density at radius 3 is 1.60 bits per heavy atom. The highest BCUT2D eigenvalue weighted by Crippen LogP contribution is 2.13. The van der Waals surface area contributed by atoms with Crippen LogP contribution in [0.15, 0.2) is 0 Å². The van der Waals surface area contributed by atoms with Gasteiger partial charge in [0.25, 0.3) is 0 Å². The Balaban J connectivity index is 3.86. The molecule has 0 saturated heterocycles. The number of ether oxygens (including phenoxy) is 1. The molecule has 9 heteroatoms. The molecule has 0 radical (unpaired) electrons. The zero-order valence-corrected chi connectivity index (χ0v) is 14.0. The quantitative estimate of drug-likeness (QED) is 0.487. The number of hydrogen-bond acceptors (Lipinski definition) is 5. The van der Waals surface area contributed by atoms with E-state index in [9.17, 15) is 16.8 Å². The molecule has 0 aromatic heterocycles. The van der Waals surface area contributed by atoms with Gasteiger partial charge in [-0.3, -0.25) is 0 Å². The third kappa shape index (κ3) is 14.2. The average Bonchev–Trinajstić information content (AvgIpc) is 2.27. The van der Waals surface area contributed by atoms with Crippen LogP contribution in [0.3, 0.4) is 0 Å². The average molecular weight is 330 g/mol. The lowest BCUT2D eigenvalue weighted by atomic mass is 9.98. The van der Waals surface area contributed by atoms with Crippen LogP contribution in [-0.4, -0.2) is 56.2 Å². The van der Waals surface area contributed by atoms with E-state index in [1.807, 2.05) is 0 Å². The predicted octanol–water partition coefficient (Wildman–Crippen LogP) is -0.0922. The molecule has 0 aromatic rings. The molecule has 0 aliphatic rings. The fourth-order valence-corrected chi connectivity index (χ4v) is 2.87. The molecule has 0 atom stereocenters. The topological polar surface area (TPSA) is 102 Å². The molecule has 0 spiro atoms. The normalized spacial score (nSPS) is 13.0. The summed E-state index contributed by atoms with van der Waals surface area (Å²) in [6.07, 6.45) is 5.43. The molecule has 2 N–H and O–H groups in total. The lowest BCUT2D eigenvalue weighted by molar-refractivity contribution is 0.141. The van der Waals surface area contributed by atoms with Crippen LogP contribution in [0.25, 0.3) is 0 Å². The van der Waals surface area contributed by atoms with Gasteiger partial charge in [-0.25, -0.2) is 26.3 Å². The Labute approximate surface area is 122 Å². The lowest BCUT2D eigenvalue weighted by Gasteiger charge is -2.16. The Kier molecular flexibility index (Phi) is 9.56. The van der Waals surface area contributed by atoms with Crippen LogP contribution < -0.4 is 9.44 Å². The molecule has 0 aliphatic heterocycles. The molecule has 0 aliphatic carbocycles. The molecule has 0 heterocycles. The largest absolute Gasteiger partial charge is 0.384 e. The van der Waals surface area contributed by atoms with E-state index in [1.165, 1.54) is 0 Å². The first-order valence-corrected chi connectivity index (χ1v) is 10.3. The van der Waals surface area contributed by atoms with E-state index in [2.05, 4.69) is 9.44 Å². The number of hydrogen-bond donors (Lipinski definition) is 2. The molecular weight excluding hydrogens is 304 g/mol. The van der Waals surface area contributed by atoms with Crippen LogP contribution >= 0.6 is 0 Å². The highest BCUT2D eigenvalue weighted by molar-refractivity contribution is 7.89. The van der Waals surface area contributed by atoms with Gasteiger partial charge in [0.15, 0.2) is 0 Å². The van der Waals surface area contributed by atoms with Crippen molar-refractivity contribution in [2.45, 2.75) is 25.7 Å². The van der Waals surface area contributed by atoms with Crippen LogP contribution in [0.4, 0.5) is 0 Å². The Morgan fingerprint density at radius 2 is 1.30 bits per heavy atom. The van der Waals surface area contributed by atoms with Crippen molar-refractivity contribution < 1.29 is 21.6 Å². The van der Waals surface area contributed by atoms with Crippen molar-refractivity contribution >= 4 is 20.0 Å². The number of sulfonamides is 2. The van der Waals surface area contributed by atoms with E-state index in [0.717, 1.165) is 38.2 Å². The molecule has 0 unspecified atom stereocenters. The highest BCUT2D eigenvalue weighted by Gasteiger charge is 2.10. The van der Waals surface area contributed by atoms with Crippen LogP contribution in [-0.2, 0) is 24.8 Å². The van der Waals surface area contributed by atoms with E-state index in [0.29, 0.717) is 25.6 Å². The van der Waals surface area contributed by atoms with Crippen molar-refractivity contribution in [2.75, 3.05) is 39.3 Å². The first-order chi connectivity index (χ1) is 9.14. The van der Waals surface area contributed by atoms with E-state index >= 15 is 0 Å². The summed E-state index contributed by atoms with van der Waals surface area (Å²) in [5.41, 5.74) is 0. The molecule has 0 saturated carbocycles. The molecule has 20 heavy (non-hydrogen) atoms. The summed E-state index contributed by atoms with van der Waals surface area (Å²) in [6, 6.07) is 0. The van der Waals surface area contributed by atoms with Gasteiger partial charge in [-0.05, 0) is 31.6 Å². The number of rotatable bonds is 12. The van der Waals surface area contributed by atoms with E-state index in [1.54, 1.807) is 7.11 Å². The maximum absolute atomic E-state index is 10.9. The fraction of sp³-hybridized carbons (Fsp3) is 1.00. The summed E-state index contributed by atoms with van der Waals surface area (Å²) < 4.78 is 53.6. The molecule has 0 bridgehead atoms. The van der Waals surface area contributed by atoms with Gasteiger partial charge in [-0.15, -0.1) is 0 Å². The Bertz CT molecular complexity index is 407. The Morgan fingerprint density at radius 1 is 0.900 bits per heavy atom. The molecule has 0 amide bonds. The lowest BCUT2D eigenvalue weighted by Crippen LogP contribution is -2.25. The van der Waals surface area contributed by atoms with E-state index in [4.69, 9.17) is 4.74 Å². The maximum Gasteiger partial charge on any atom is 0.208 e. The third-order valence-electron chi connectivity index (χ3n) is 2.71. The molecule has 122 valence electrons. The second-order valence-corrected chi connectivity index (χ2v) is 8.60. The maximum atomic E-state index is 10.9. The summed E-state index contributed by atoms with van der Waals surface area (Å²) in [5.74, 6) is 0.308. The van der Waals surface area contributed by atoms with Crippen molar-refractivity contribution in [1.82, 2.24) is 9.44 Å². The fourth-order valence-electron chi connectivity index (χ4n) is 1.84. The monoisotopic (exact) mass is 330 g/mol. The standard InChI is InChI=1S/C11H26N2O5S2/c1-18-10-11(6-4-8-12-19(2,14)15)7-5-9-13-20(3,16)17/h11-13H,4-10H2,1-3H3. The number of methoxy groups -OCH3 is 1. The van der Waals surface area contributed by atoms with Gasteiger partial charge in [-0.2, -0.15) is 0 Å². The van der Waals surface area contributed by atoms with Crippen molar-refractivity contribution in [3.05, 3.63) is 0 Å². The van der Waals surface area contributed by atoms with Gasteiger partial charge in [0.05, 0.1) is 12.5 Å². The van der Waals surface area contributed by atoms with Crippen molar-refractivity contribution in [3.63, 3.8) is 0 Å². The second-order valence-electron chi connectivity index (χ2n) is 4.94. The zero-order valence-electron chi connectivity index (χ0n) is 12.4. The minimum Gasteiger partial charge on any atom is -0.384 e. The minimum absolute atomic E-state index is 0.308. The Hall–Kier alpha value is -0.220. The highest BCUT2D eigenvalue weighted by atomic mass is 32.2. The first kappa shape index (κ1) is 19.8. The summed E-state index contributed by atoms with van der Waals surface area (Å²) in [4.78, 5) is 0. The summed E-state index contributed by atoms with van der Waals surface area (Å²) >= 11 is 0. The van der Waals surface area contributed by atoms with Crippen molar-refractivity contribution in [3.8, 4) is 0 Å². The molecular formula is C11H26N2O5S2. The molecule has 0 fully saturated rings. The molecule has 7 nitrogen and oxygen atoms in total. The second kappa shape index (κ2) is 9.67. The molecule has 0 aromatic carbocycles. The van der Waals surface area contributed by atoms with Gasteiger partial charge in [0.2, 0.25) is 20.0 Å². The van der Waals surface area contributed by atoms with E-state index in [-0.39, 0.29) is 0 Å². The van der Waals surface area contributed by atoms with E-state index < -0.39 is 20.0 Å². The SMILES string of the molecule is COCC(CCCNS(C)(=O)=O)CCCNS(C)(=O)=O.